The summed E-state index contributed by atoms with van der Waals surface area (Å²) in [5.74, 6) is -0.0979. The van der Waals surface area contributed by atoms with E-state index in [-0.39, 0.29) is 48.1 Å². The van der Waals surface area contributed by atoms with Gasteiger partial charge in [0.25, 0.3) is 11.8 Å². The van der Waals surface area contributed by atoms with Gasteiger partial charge in [0.15, 0.2) is 5.65 Å². The van der Waals surface area contributed by atoms with E-state index in [9.17, 15) is 24.0 Å². The van der Waals surface area contributed by atoms with Gasteiger partial charge < -0.3 is 25.0 Å². The minimum Gasteiger partial charge on any atom is -0.457 e. The van der Waals surface area contributed by atoms with Gasteiger partial charge in [-0.05, 0) is 86.7 Å². The van der Waals surface area contributed by atoms with Crippen LogP contribution in [0, 0.1) is 0 Å². The minimum atomic E-state index is -0.993. The molecule has 17 heteroatoms. The highest BCUT2D eigenvalue weighted by Crippen LogP contribution is 2.36. The van der Waals surface area contributed by atoms with Gasteiger partial charge in [-0.1, -0.05) is 18.2 Å². The molecule has 0 saturated carbocycles. The number of nitrogens with zero attached hydrogens (tertiary/aromatic N) is 8. The molecule has 17 nitrogen and oxygen atoms in total. The summed E-state index contributed by atoms with van der Waals surface area (Å²) in [5, 5.41) is 7.98. The van der Waals surface area contributed by atoms with E-state index in [2.05, 4.69) is 25.1 Å². The number of hydrogen-bond donors (Lipinski definition) is 2. The topological polar surface area (TPSA) is 198 Å². The number of amides is 5. The quantitative estimate of drug-likeness (QED) is 0.193. The van der Waals surface area contributed by atoms with Crippen LogP contribution in [0.4, 0.5) is 11.5 Å². The number of hydrogen-bond acceptors (Lipinski definition) is 13. The molecule has 0 radical (unpaired) electrons. The lowest BCUT2D eigenvalue weighted by Gasteiger charge is -2.43. The number of aromatic nitrogens is 4. The molecule has 5 aromatic rings. The highest BCUT2D eigenvalue weighted by Gasteiger charge is 2.45. The van der Waals surface area contributed by atoms with Gasteiger partial charge in [0.1, 0.15) is 35.4 Å². The molecule has 5 amide bonds. The van der Waals surface area contributed by atoms with E-state index < -0.39 is 29.7 Å². The fraction of sp³-hybridized carbons (Fsp3) is 0.378. The second-order valence-electron chi connectivity index (χ2n) is 16.6. The summed E-state index contributed by atoms with van der Waals surface area (Å²) in [7, 11) is 0. The van der Waals surface area contributed by atoms with E-state index in [0.717, 1.165) is 60.7 Å². The molecule has 62 heavy (non-hydrogen) atoms. The first kappa shape index (κ1) is 39.4. The molecule has 10 rings (SSSR count). The fourth-order valence-corrected chi connectivity index (χ4v) is 9.28. The smallest absolute Gasteiger partial charge is 0.262 e. The Morgan fingerprint density at radius 1 is 0.790 bits per heavy atom. The van der Waals surface area contributed by atoms with Gasteiger partial charge in [-0.2, -0.15) is 5.10 Å². The van der Waals surface area contributed by atoms with Crippen molar-refractivity contribution in [3.8, 4) is 22.8 Å². The first-order valence-corrected chi connectivity index (χ1v) is 21.2. The molecule has 5 aliphatic rings. The summed E-state index contributed by atoms with van der Waals surface area (Å²) in [6.45, 7) is 4.47. The number of piperidine rings is 3. The highest BCUT2D eigenvalue weighted by atomic mass is 16.5. The number of likely N-dealkylation sites (tertiary alicyclic amines) is 2. The Labute approximate surface area is 356 Å². The summed E-state index contributed by atoms with van der Waals surface area (Å²) in [4.78, 5) is 80.1. The van der Waals surface area contributed by atoms with Crippen LogP contribution in [0.3, 0.4) is 0 Å². The Kier molecular flexibility index (Phi) is 10.4. The van der Waals surface area contributed by atoms with Crippen molar-refractivity contribution in [2.24, 2.45) is 0 Å². The molecule has 5 aliphatic heterocycles. The molecule has 318 valence electrons. The van der Waals surface area contributed by atoms with Crippen molar-refractivity contribution in [3.63, 3.8) is 0 Å². The summed E-state index contributed by atoms with van der Waals surface area (Å²) in [5.41, 5.74) is 10.0. The van der Waals surface area contributed by atoms with Crippen LogP contribution >= 0.6 is 0 Å². The van der Waals surface area contributed by atoms with Crippen LogP contribution in [0.25, 0.3) is 22.3 Å². The Morgan fingerprint density at radius 3 is 2.26 bits per heavy atom. The Hall–Kier alpha value is -6.72. The lowest BCUT2D eigenvalue weighted by atomic mass is 10.0. The van der Waals surface area contributed by atoms with Crippen LogP contribution in [-0.2, 0) is 19.1 Å². The number of rotatable bonds is 10. The number of para-hydroxylation sites is 1. The number of fused-ring (bicyclic) bond motifs is 2. The lowest BCUT2D eigenvalue weighted by molar-refractivity contribution is -0.136. The van der Waals surface area contributed by atoms with E-state index in [4.69, 9.17) is 20.3 Å². The zero-order valence-electron chi connectivity index (χ0n) is 34.0. The van der Waals surface area contributed by atoms with Gasteiger partial charge in [0, 0.05) is 56.9 Å². The Balaban J connectivity index is 0.685. The maximum Gasteiger partial charge on any atom is 0.262 e. The van der Waals surface area contributed by atoms with E-state index >= 15 is 0 Å². The summed E-state index contributed by atoms with van der Waals surface area (Å²) < 4.78 is 14.4. The van der Waals surface area contributed by atoms with Crippen LogP contribution in [0.2, 0.25) is 0 Å². The van der Waals surface area contributed by atoms with Crippen LogP contribution in [0.1, 0.15) is 65.3 Å². The van der Waals surface area contributed by atoms with Crippen molar-refractivity contribution in [1.82, 2.24) is 39.8 Å². The number of nitrogens with two attached hydrogens (primary N) is 1. The average molecular weight is 839 g/mol. The Bertz CT molecular complexity index is 2560. The normalized spacial score (nSPS) is 20.5. The Morgan fingerprint density at radius 2 is 1.52 bits per heavy atom. The molecule has 0 aliphatic carbocycles. The first-order valence-electron chi connectivity index (χ1n) is 21.2. The molecule has 1 unspecified atom stereocenters. The highest BCUT2D eigenvalue weighted by molar-refractivity contribution is 6.23. The molecule has 4 fully saturated rings. The number of anilines is 2. The molecule has 1 atom stereocenters. The minimum absolute atomic E-state index is 0.0333. The first-order chi connectivity index (χ1) is 30.2. The molecule has 3 aromatic carbocycles. The standard InChI is InChI=1S/C45H46N10O7/c46-41-39-40(27-6-9-31(10-7-27)61-30-4-2-1-3-5-30)50-55(42(39)48-26-47-41)28-14-20-52(21-15-28)38(57)25-51-18-16-32(17-19-51)62-33-23-53(24-33)29-8-11-34-35(22-29)45(60)54(44(34)59)36-12-13-37(56)49-43(36)58/h1-11,22,26,28,32-33,36H,12-21,23-25H2,(H2,46,47,48)(H,49,56,58). The molecule has 7 heterocycles. The van der Waals surface area contributed by atoms with Crippen molar-refractivity contribution < 1.29 is 33.4 Å². The summed E-state index contributed by atoms with van der Waals surface area (Å²) >= 11 is 0. The zero-order chi connectivity index (χ0) is 42.5. The van der Waals surface area contributed by atoms with Crippen LogP contribution < -0.4 is 20.7 Å². The average Bonchev–Trinajstić information content (AvgIpc) is 3.78. The van der Waals surface area contributed by atoms with Crippen molar-refractivity contribution >= 4 is 52.1 Å². The number of carbonyl (C=O) groups is 5. The number of imide groups is 2. The number of benzene rings is 3. The fourth-order valence-electron chi connectivity index (χ4n) is 9.28. The third-order valence-corrected chi connectivity index (χ3v) is 12.7. The van der Waals surface area contributed by atoms with Crippen molar-refractivity contribution in [2.75, 3.05) is 56.4 Å². The molecule has 0 spiro atoms. The second kappa shape index (κ2) is 16.3. The van der Waals surface area contributed by atoms with Gasteiger partial charge in [-0.25, -0.2) is 14.6 Å². The molecule has 3 N–H and O–H groups in total. The third kappa shape index (κ3) is 7.51. The molecular formula is C45H46N10O7. The van der Waals surface area contributed by atoms with Crippen molar-refractivity contribution in [3.05, 3.63) is 90.3 Å². The van der Waals surface area contributed by atoms with Crippen LogP contribution in [-0.4, -0.2) is 128 Å². The van der Waals surface area contributed by atoms with E-state index in [1.165, 1.54) is 6.33 Å². The zero-order valence-corrected chi connectivity index (χ0v) is 34.0. The number of ether oxygens (including phenoxy) is 2. The van der Waals surface area contributed by atoms with Gasteiger partial charge in [-0.3, -0.25) is 39.1 Å². The predicted molar refractivity (Wildman–Crippen MR) is 226 cm³/mol. The van der Waals surface area contributed by atoms with Gasteiger partial charge in [0.05, 0.1) is 41.3 Å². The van der Waals surface area contributed by atoms with Gasteiger partial charge in [-0.15, -0.1) is 0 Å². The largest absolute Gasteiger partial charge is 0.457 e. The van der Waals surface area contributed by atoms with Gasteiger partial charge in [0.2, 0.25) is 17.7 Å². The molecule has 0 bridgehead atoms. The van der Waals surface area contributed by atoms with E-state index in [1.54, 1.807) is 12.1 Å². The number of carbonyl (C=O) groups excluding carboxylic acids is 5. The maximum absolute atomic E-state index is 13.5. The second-order valence-corrected chi connectivity index (χ2v) is 16.6. The molecule has 4 saturated heterocycles. The van der Waals surface area contributed by atoms with Crippen molar-refractivity contribution in [2.45, 2.75) is 62.8 Å². The third-order valence-electron chi connectivity index (χ3n) is 12.7. The maximum atomic E-state index is 13.5. The van der Waals surface area contributed by atoms with E-state index in [1.807, 2.05) is 70.2 Å². The van der Waals surface area contributed by atoms with Gasteiger partial charge >= 0.3 is 0 Å². The molecule has 2 aromatic heterocycles. The van der Waals surface area contributed by atoms with Crippen LogP contribution in [0.15, 0.2) is 79.1 Å². The number of nitrogens with one attached hydrogen (secondary N) is 1. The molecular weight excluding hydrogens is 793 g/mol. The number of nitrogen functional groups attached to an aromatic ring is 1. The van der Waals surface area contributed by atoms with Crippen molar-refractivity contribution in [1.29, 1.82) is 0 Å². The summed E-state index contributed by atoms with van der Waals surface area (Å²) in [6, 6.07) is 21.6. The van der Waals surface area contributed by atoms with Crippen LogP contribution in [0.5, 0.6) is 11.5 Å². The SMILES string of the molecule is Nc1ncnc2c1c(-c1ccc(Oc3ccccc3)cc1)nn2C1CCN(C(=O)CN2CCC(OC3CN(c4ccc5c(c4)C(=O)N(C4CCC(=O)NC4=O)C5=O)C3)CC2)CC1. The predicted octanol–water partition coefficient (Wildman–Crippen LogP) is 3.80. The monoisotopic (exact) mass is 838 g/mol. The summed E-state index contributed by atoms with van der Waals surface area (Å²) in [6.07, 6.45) is 4.94. The van der Waals surface area contributed by atoms with E-state index in [0.29, 0.717) is 61.0 Å². The lowest BCUT2D eigenvalue weighted by Crippen LogP contribution is -2.54.